The molecular formula is C22H19F3N8O. The molecule has 34 heavy (non-hydrogen) atoms. The smallest absolute Gasteiger partial charge is 0.378 e. The van der Waals surface area contributed by atoms with Gasteiger partial charge in [0.05, 0.1) is 36.5 Å². The average molecular weight is 468 g/mol. The SMILES string of the molecule is FC(F)(F)c1ncn(-c2ccc(Nc3nccc(-c4cncc(N5CCOCC5)c4)n3)cc2)n1. The molecule has 0 spiro atoms. The highest BCUT2D eigenvalue weighted by atomic mass is 19.4. The van der Waals surface area contributed by atoms with Gasteiger partial charge in [0.2, 0.25) is 5.95 Å². The fraction of sp³-hybridized carbons (Fsp3) is 0.227. The summed E-state index contributed by atoms with van der Waals surface area (Å²) in [6.07, 6.45) is 1.65. The Hall–Kier alpha value is -4.06. The maximum atomic E-state index is 12.7. The number of hydrogen-bond donors (Lipinski definition) is 1. The minimum absolute atomic E-state index is 0.377. The molecule has 1 N–H and O–H groups in total. The molecule has 0 unspecified atom stereocenters. The van der Waals surface area contributed by atoms with Gasteiger partial charge >= 0.3 is 6.18 Å². The van der Waals surface area contributed by atoms with Crippen molar-refractivity contribution in [3.8, 4) is 16.9 Å². The number of alkyl halides is 3. The quantitative estimate of drug-likeness (QED) is 0.474. The third-order valence-corrected chi connectivity index (χ3v) is 5.18. The van der Waals surface area contributed by atoms with Gasteiger partial charge < -0.3 is 15.0 Å². The van der Waals surface area contributed by atoms with Crippen LogP contribution in [0.15, 0.2) is 61.3 Å². The molecule has 174 valence electrons. The van der Waals surface area contributed by atoms with Crippen LogP contribution in [0.5, 0.6) is 0 Å². The molecule has 0 atom stereocenters. The van der Waals surface area contributed by atoms with Gasteiger partial charge in [-0.25, -0.2) is 19.6 Å². The van der Waals surface area contributed by atoms with E-state index in [2.05, 4.69) is 35.3 Å². The molecule has 1 aromatic carbocycles. The average Bonchev–Trinajstić information content (AvgIpc) is 3.37. The Morgan fingerprint density at radius 1 is 0.941 bits per heavy atom. The van der Waals surface area contributed by atoms with Crippen molar-refractivity contribution in [2.45, 2.75) is 6.18 Å². The predicted octanol–water partition coefficient (Wildman–Crippen LogP) is 3.72. The van der Waals surface area contributed by atoms with Crippen LogP contribution in [-0.4, -0.2) is 56.0 Å². The lowest BCUT2D eigenvalue weighted by atomic mass is 10.2. The van der Waals surface area contributed by atoms with E-state index in [-0.39, 0.29) is 0 Å². The highest BCUT2D eigenvalue weighted by Crippen LogP contribution is 2.27. The van der Waals surface area contributed by atoms with Crippen LogP contribution in [-0.2, 0) is 10.9 Å². The summed E-state index contributed by atoms with van der Waals surface area (Å²) in [6.45, 7) is 2.99. The summed E-state index contributed by atoms with van der Waals surface area (Å²) >= 11 is 0. The van der Waals surface area contributed by atoms with Gasteiger partial charge in [-0.3, -0.25) is 4.98 Å². The largest absolute Gasteiger partial charge is 0.453 e. The molecule has 0 amide bonds. The van der Waals surface area contributed by atoms with Crippen LogP contribution in [0.1, 0.15) is 5.82 Å². The van der Waals surface area contributed by atoms with Crippen LogP contribution >= 0.6 is 0 Å². The summed E-state index contributed by atoms with van der Waals surface area (Å²) in [5.41, 5.74) is 3.67. The lowest BCUT2D eigenvalue weighted by molar-refractivity contribution is -0.144. The molecule has 1 aliphatic rings. The van der Waals surface area contributed by atoms with Crippen molar-refractivity contribution in [2.24, 2.45) is 0 Å². The molecule has 0 saturated carbocycles. The summed E-state index contributed by atoms with van der Waals surface area (Å²) < 4.78 is 44.6. The zero-order valence-corrected chi connectivity index (χ0v) is 17.8. The number of benzene rings is 1. The maximum Gasteiger partial charge on any atom is 0.453 e. The lowest BCUT2D eigenvalue weighted by Gasteiger charge is -2.28. The first-order chi connectivity index (χ1) is 16.5. The number of ether oxygens (including phenoxy) is 1. The summed E-state index contributed by atoms with van der Waals surface area (Å²) in [5.74, 6) is -0.811. The number of nitrogens with zero attached hydrogens (tertiary/aromatic N) is 7. The standard InChI is InChI=1S/C22H19F3N8O/c23-22(24,25)20-28-14-33(31-20)17-3-1-16(2-4-17)29-21-27-6-5-19(30-21)15-11-18(13-26-12-15)32-7-9-34-10-8-32/h1-6,11-14H,7-10H2,(H,27,29,30). The van der Waals surface area contributed by atoms with E-state index < -0.39 is 12.0 Å². The van der Waals surface area contributed by atoms with Gasteiger partial charge in [0.25, 0.3) is 5.82 Å². The van der Waals surface area contributed by atoms with Gasteiger partial charge in [0, 0.05) is 36.7 Å². The highest BCUT2D eigenvalue weighted by Gasteiger charge is 2.35. The Labute approximate surface area is 192 Å². The molecule has 9 nitrogen and oxygen atoms in total. The third-order valence-electron chi connectivity index (χ3n) is 5.18. The van der Waals surface area contributed by atoms with Crippen LogP contribution in [0.3, 0.4) is 0 Å². The van der Waals surface area contributed by atoms with Gasteiger partial charge in [0.1, 0.15) is 6.33 Å². The minimum Gasteiger partial charge on any atom is -0.378 e. The molecule has 0 aliphatic carbocycles. The topological polar surface area (TPSA) is 93.9 Å². The summed E-state index contributed by atoms with van der Waals surface area (Å²) in [4.78, 5) is 18.7. The Morgan fingerprint density at radius 2 is 1.74 bits per heavy atom. The van der Waals surface area contributed by atoms with Crippen LogP contribution < -0.4 is 10.2 Å². The summed E-state index contributed by atoms with van der Waals surface area (Å²) in [7, 11) is 0. The second-order valence-corrected chi connectivity index (χ2v) is 7.48. The van der Waals surface area contributed by atoms with E-state index in [1.165, 1.54) is 0 Å². The van der Waals surface area contributed by atoms with Crippen LogP contribution in [0, 0.1) is 0 Å². The molecule has 3 aromatic heterocycles. The number of anilines is 3. The minimum atomic E-state index is -4.59. The molecule has 4 heterocycles. The van der Waals surface area contributed by atoms with E-state index in [0.29, 0.717) is 36.2 Å². The predicted molar refractivity (Wildman–Crippen MR) is 118 cm³/mol. The van der Waals surface area contributed by atoms with E-state index in [1.54, 1.807) is 42.7 Å². The van der Waals surface area contributed by atoms with Crippen molar-refractivity contribution in [3.05, 3.63) is 67.1 Å². The van der Waals surface area contributed by atoms with E-state index in [9.17, 15) is 13.2 Å². The van der Waals surface area contributed by atoms with Crippen molar-refractivity contribution in [1.82, 2.24) is 29.7 Å². The Balaban J connectivity index is 1.31. The Morgan fingerprint density at radius 3 is 2.47 bits per heavy atom. The molecule has 0 radical (unpaired) electrons. The van der Waals surface area contributed by atoms with Crippen molar-refractivity contribution >= 4 is 17.3 Å². The number of morpholine rings is 1. The molecule has 5 rings (SSSR count). The van der Waals surface area contributed by atoms with E-state index in [0.717, 1.165) is 35.3 Å². The molecule has 0 bridgehead atoms. The van der Waals surface area contributed by atoms with Gasteiger partial charge in [-0.2, -0.15) is 13.2 Å². The maximum absolute atomic E-state index is 12.7. The fourth-order valence-corrected chi connectivity index (χ4v) is 3.49. The molecule has 1 fully saturated rings. The van der Waals surface area contributed by atoms with E-state index in [4.69, 9.17) is 4.74 Å². The highest BCUT2D eigenvalue weighted by molar-refractivity contribution is 5.66. The van der Waals surface area contributed by atoms with E-state index >= 15 is 0 Å². The first-order valence-corrected chi connectivity index (χ1v) is 10.4. The second-order valence-electron chi connectivity index (χ2n) is 7.48. The van der Waals surface area contributed by atoms with Crippen molar-refractivity contribution < 1.29 is 17.9 Å². The van der Waals surface area contributed by atoms with Gasteiger partial charge in [0.15, 0.2) is 0 Å². The zero-order chi connectivity index (χ0) is 23.5. The van der Waals surface area contributed by atoms with Gasteiger partial charge in [-0.15, -0.1) is 5.10 Å². The number of aromatic nitrogens is 6. The summed E-state index contributed by atoms with van der Waals surface area (Å²) in [6, 6.07) is 10.5. The number of nitrogens with one attached hydrogen (secondary N) is 1. The first-order valence-electron chi connectivity index (χ1n) is 10.4. The fourth-order valence-electron chi connectivity index (χ4n) is 3.49. The molecule has 1 saturated heterocycles. The van der Waals surface area contributed by atoms with Crippen LogP contribution in [0.4, 0.5) is 30.5 Å². The number of hydrogen-bond acceptors (Lipinski definition) is 8. The molecule has 1 aliphatic heterocycles. The number of halogens is 3. The first kappa shape index (κ1) is 21.8. The normalized spacial score (nSPS) is 14.3. The number of pyridine rings is 1. The zero-order valence-electron chi connectivity index (χ0n) is 17.8. The summed E-state index contributed by atoms with van der Waals surface area (Å²) in [5, 5.41) is 6.58. The van der Waals surface area contributed by atoms with Gasteiger partial charge in [-0.1, -0.05) is 0 Å². The van der Waals surface area contributed by atoms with Crippen molar-refractivity contribution in [3.63, 3.8) is 0 Å². The Bertz CT molecular complexity index is 1270. The third kappa shape index (κ3) is 4.81. The van der Waals surface area contributed by atoms with Crippen LogP contribution in [0.2, 0.25) is 0 Å². The Kier molecular flexibility index (Phi) is 5.80. The number of rotatable bonds is 5. The van der Waals surface area contributed by atoms with E-state index in [1.807, 2.05) is 12.3 Å². The monoisotopic (exact) mass is 468 g/mol. The lowest BCUT2D eigenvalue weighted by Crippen LogP contribution is -2.36. The van der Waals surface area contributed by atoms with Crippen molar-refractivity contribution in [2.75, 3.05) is 36.5 Å². The van der Waals surface area contributed by atoms with Crippen molar-refractivity contribution in [1.29, 1.82) is 0 Å². The molecule has 4 aromatic rings. The van der Waals surface area contributed by atoms with Crippen LogP contribution in [0.25, 0.3) is 16.9 Å². The second kappa shape index (κ2) is 9.06. The molecule has 12 heteroatoms. The molecular weight excluding hydrogens is 449 g/mol. The van der Waals surface area contributed by atoms with Gasteiger partial charge in [-0.05, 0) is 36.4 Å².